The van der Waals surface area contributed by atoms with Crippen molar-refractivity contribution >= 4 is 52.4 Å². The van der Waals surface area contributed by atoms with Gasteiger partial charge in [-0.2, -0.15) is 0 Å². The molecule has 0 aromatic heterocycles. The molecule has 4 rings (SSSR count). The molecule has 7 nitrogen and oxygen atoms in total. The SMILES string of the molecule is CC(=O)N1CCN(C(=O)c2ccc(/C=C3\SC(=O)N(Cc4ccc(Cl)cc4)C3=O)cc2)CC1. The standard InChI is InChI=1S/C24H22ClN3O4S/c1-16(29)26-10-12-27(13-11-26)22(30)19-6-2-17(3-7-19)14-21-23(31)28(24(32)33-21)15-18-4-8-20(25)9-5-18/h2-9,14H,10-13,15H2,1H3/b21-14-. The lowest BCUT2D eigenvalue weighted by molar-refractivity contribution is -0.130. The van der Waals surface area contributed by atoms with Crippen molar-refractivity contribution in [2.24, 2.45) is 0 Å². The maximum Gasteiger partial charge on any atom is 0.293 e. The number of thioether (sulfide) groups is 1. The van der Waals surface area contributed by atoms with Crippen molar-refractivity contribution in [3.63, 3.8) is 0 Å². The van der Waals surface area contributed by atoms with Crippen LogP contribution in [0.5, 0.6) is 0 Å². The number of benzene rings is 2. The number of carbonyl (C=O) groups is 4. The first-order valence-electron chi connectivity index (χ1n) is 10.5. The van der Waals surface area contributed by atoms with Crippen LogP contribution in [0.2, 0.25) is 5.02 Å². The van der Waals surface area contributed by atoms with Crippen LogP contribution in [0.3, 0.4) is 0 Å². The summed E-state index contributed by atoms with van der Waals surface area (Å²) < 4.78 is 0. The van der Waals surface area contributed by atoms with Crippen LogP contribution in [0.1, 0.15) is 28.4 Å². The van der Waals surface area contributed by atoms with E-state index in [2.05, 4.69) is 0 Å². The number of rotatable bonds is 4. The third-order valence-electron chi connectivity index (χ3n) is 5.60. The first kappa shape index (κ1) is 23.1. The quantitative estimate of drug-likeness (QED) is 0.617. The van der Waals surface area contributed by atoms with Crippen LogP contribution in [0, 0.1) is 0 Å². The van der Waals surface area contributed by atoms with Crippen molar-refractivity contribution in [2.75, 3.05) is 26.2 Å². The second kappa shape index (κ2) is 9.80. The van der Waals surface area contributed by atoms with Crippen LogP contribution in [-0.4, -0.2) is 63.8 Å². The highest BCUT2D eigenvalue weighted by atomic mass is 35.5. The summed E-state index contributed by atoms with van der Waals surface area (Å²) in [5.41, 5.74) is 2.08. The second-order valence-corrected chi connectivity index (χ2v) is 9.24. The van der Waals surface area contributed by atoms with E-state index >= 15 is 0 Å². The van der Waals surface area contributed by atoms with E-state index in [1.807, 2.05) is 0 Å². The molecule has 2 aromatic rings. The van der Waals surface area contributed by atoms with Gasteiger partial charge in [-0.25, -0.2) is 0 Å². The first-order valence-corrected chi connectivity index (χ1v) is 11.7. The van der Waals surface area contributed by atoms with Gasteiger partial charge in [0.25, 0.3) is 17.1 Å². The molecule has 4 amide bonds. The largest absolute Gasteiger partial charge is 0.339 e. The zero-order chi connectivity index (χ0) is 23.5. The molecule has 0 saturated carbocycles. The lowest BCUT2D eigenvalue weighted by atomic mass is 10.1. The summed E-state index contributed by atoms with van der Waals surface area (Å²) in [6.45, 7) is 3.78. The lowest BCUT2D eigenvalue weighted by Gasteiger charge is -2.34. The normalized spacial score (nSPS) is 17.8. The molecule has 0 aliphatic carbocycles. The zero-order valence-corrected chi connectivity index (χ0v) is 19.6. The van der Waals surface area contributed by atoms with Crippen molar-refractivity contribution in [2.45, 2.75) is 13.5 Å². The molecule has 9 heteroatoms. The van der Waals surface area contributed by atoms with Gasteiger partial charge in [-0.1, -0.05) is 35.9 Å². The average Bonchev–Trinajstić information content (AvgIpc) is 3.08. The van der Waals surface area contributed by atoms with E-state index in [0.717, 1.165) is 22.9 Å². The average molecular weight is 484 g/mol. The number of nitrogens with zero attached hydrogens (tertiary/aromatic N) is 3. The highest BCUT2D eigenvalue weighted by Gasteiger charge is 2.35. The van der Waals surface area contributed by atoms with Crippen molar-refractivity contribution in [1.82, 2.24) is 14.7 Å². The predicted molar refractivity (Wildman–Crippen MR) is 128 cm³/mol. The summed E-state index contributed by atoms with van der Waals surface area (Å²) in [6.07, 6.45) is 1.66. The minimum absolute atomic E-state index is 0.0176. The molecule has 0 atom stereocenters. The van der Waals surface area contributed by atoms with E-state index in [1.54, 1.807) is 64.4 Å². The van der Waals surface area contributed by atoms with Gasteiger partial charge in [-0.15, -0.1) is 0 Å². The monoisotopic (exact) mass is 483 g/mol. The van der Waals surface area contributed by atoms with E-state index in [1.165, 1.54) is 11.8 Å². The second-order valence-electron chi connectivity index (χ2n) is 7.81. The van der Waals surface area contributed by atoms with E-state index < -0.39 is 0 Å². The van der Waals surface area contributed by atoms with Gasteiger partial charge in [0.15, 0.2) is 0 Å². The fourth-order valence-corrected chi connectivity index (χ4v) is 4.65. The summed E-state index contributed by atoms with van der Waals surface area (Å²) in [4.78, 5) is 54.3. The molecule has 2 aromatic carbocycles. The molecular weight excluding hydrogens is 462 g/mol. The molecule has 2 fully saturated rings. The fraction of sp³-hybridized carbons (Fsp3) is 0.250. The molecule has 0 unspecified atom stereocenters. The number of hydrogen-bond donors (Lipinski definition) is 0. The van der Waals surface area contributed by atoms with E-state index in [0.29, 0.717) is 41.7 Å². The molecular formula is C24H22ClN3O4S. The van der Waals surface area contributed by atoms with Crippen LogP contribution in [-0.2, 0) is 16.1 Å². The maximum absolute atomic E-state index is 12.8. The van der Waals surface area contributed by atoms with Gasteiger partial charge in [0.1, 0.15) is 0 Å². The predicted octanol–water partition coefficient (Wildman–Crippen LogP) is 3.88. The minimum atomic E-state index is -0.344. The summed E-state index contributed by atoms with van der Waals surface area (Å²) in [7, 11) is 0. The fourth-order valence-electron chi connectivity index (χ4n) is 3.69. The smallest absolute Gasteiger partial charge is 0.293 e. The van der Waals surface area contributed by atoms with E-state index in [4.69, 9.17) is 11.6 Å². The highest BCUT2D eigenvalue weighted by Crippen LogP contribution is 2.33. The van der Waals surface area contributed by atoms with Gasteiger partial charge in [-0.3, -0.25) is 24.1 Å². The van der Waals surface area contributed by atoms with Gasteiger partial charge in [0, 0.05) is 43.7 Å². The molecule has 2 heterocycles. The van der Waals surface area contributed by atoms with Crippen molar-refractivity contribution < 1.29 is 19.2 Å². The van der Waals surface area contributed by atoms with Gasteiger partial charge >= 0.3 is 0 Å². The van der Waals surface area contributed by atoms with Crippen LogP contribution in [0.4, 0.5) is 4.79 Å². The molecule has 170 valence electrons. The van der Waals surface area contributed by atoms with Crippen LogP contribution < -0.4 is 0 Å². The molecule has 2 aliphatic rings. The van der Waals surface area contributed by atoms with Crippen LogP contribution in [0.15, 0.2) is 53.4 Å². The number of halogens is 1. The first-order chi connectivity index (χ1) is 15.8. The number of carbonyl (C=O) groups excluding carboxylic acids is 4. The van der Waals surface area contributed by atoms with Gasteiger partial charge in [0.05, 0.1) is 11.4 Å². The van der Waals surface area contributed by atoms with E-state index in [9.17, 15) is 19.2 Å². The summed E-state index contributed by atoms with van der Waals surface area (Å²) >= 11 is 6.79. The van der Waals surface area contributed by atoms with Crippen LogP contribution >= 0.6 is 23.4 Å². The van der Waals surface area contributed by atoms with Crippen molar-refractivity contribution in [1.29, 1.82) is 0 Å². The molecule has 0 spiro atoms. The van der Waals surface area contributed by atoms with E-state index in [-0.39, 0.29) is 29.5 Å². The van der Waals surface area contributed by atoms with Crippen molar-refractivity contribution in [3.8, 4) is 0 Å². The molecule has 2 saturated heterocycles. The Balaban J connectivity index is 1.40. The number of imide groups is 1. The number of hydrogen-bond acceptors (Lipinski definition) is 5. The third-order valence-corrected chi connectivity index (χ3v) is 6.75. The Labute approximate surface area is 201 Å². The Morgan fingerprint density at radius 2 is 1.55 bits per heavy atom. The Morgan fingerprint density at radius 3 is 2.15 bits per heavy atom. The van der Waals surface area contributed by atoms with Gasteiger partial charge in [0.2, 0.25) is 5.91 Å². The lowest BCUT2D eigenvalue weighted by Crippen LogP contribution is -2.50. The molecule has 0 bridgehead atoms. The Bertz CT molecular complexity index is 1120. The molecule has 0 radical (unpaired) electrons. The third kappa shape index (κ3) is 5.29. The van der Waals surface area contributed by atoms with Crippen LogP contribution in [0.25, 0.3) is 6.08 Å². The Kier molecular flexibility index (Phi) is 6.85. The topological polar surface area (TPSA) is 78.0 Å². The summed E-state index contributed by atoms with van der Waals surface area (Å²) in [5, 5.41) is 0.269. The molecule has 2 aliphatic heterocycles. The number of amides is 4. The molecule has 0 N–H and O–H groups in total. The number of piperazine rings is 1. The van der Waals surface area contributed by atoms with Gasteiger partial charge in [-0.05, 0) is 53.2 Å². The zero-order valence-electron chi connectivity index (χ0n) is 18.0. The highest BCUT2D eigenvalue weighted by molar-refractivity contribution is 8.18. The van der Waals surface area contributed by atoms with Crippen molar-refractivity contribution in [3.05, 3.63) is 75.1 Å². The summed E-state index contributed by atoms with van der Waals surface area (Å²) in [5.74, 6) is -0.416. The van der Waals surface area contributed by atoms with Gasteiger partial charge < -0.3 is 9.80 Å². The minimum Gasteiger partial charge on any atom is -0.339 e. The maximum atomic E-state index is 12.8. The Morgan fingerprint density at radius 1 is 0.939 bits per heavy atom. The summed E-state index contributed by atoms with van der Waals surface area (Å²) in [6, 6.07) is 13.9. The molecule has 33 heavy (non-hydrogen) atoms. The Hall–Kier alpha value is -3.10.